The molecule has 6 heteroatoms. The van der Waals surface area contributed by atoms with Crippen molar-refractivity contribution in [3.63, 3.8) is 0 Å². The predicted octanol–water partition coefficient (Wildman–Crippen LogP) is 1.38. The van der Waals surface area contributed by atoms with Crippen LogP contribution < -0.4 is 5.32 Å². The molecule has 0 aliphatic rings. The fourth-order valence-electron chi connectivity index (χ4n) is 1.77. The summed E-state index contributed by atoms with van der Waals surface area (Å²) in [5.41, 5.74) is -1.09. The summed E-state index contributed by atoms with van der Waals surface area (Å²) in [4.78, 5) is 0. The number of aliphatic hydroxyl groups excluding tert-OH is 1. The van der Waals surface area contributed by atoms with Crippen LogP contribution in [0.1, 0.15) is 25.0 Å². The third kappa shape index (κ3) is 5.50. The van der Waals surface area contributed by atoms with E-state index in [-0.39, 0.29) is 18.7 Å². The molecule has 0 saturated heterocycles. The first-order valence-corrected chi connectivity index (χ1v) is 6.41. The number of ether oxygens (including phenoxy) is 1. The maximum atomic E-state index is 13.4. The van der Waals surface area contributed by atoms with Crippen LogP contribution in [0.25, 0.3) is 0 Å². The number of hydrogen-bond donors (Lipinski definition) is 3. The van der Waals surface area contributed by atoms with Gasteiger partial charge in [-0.25, -0.2) is 8.78 Å². The van der Waals surface area contributed by atoms with Gasteiger partial charge in [-0.3, -0.25) is 0 Å². The number of benzene rings is 1. The Morgan fingerprint density at radius 3 is 2.75 bits per heavy atom. The Bertz CT molecular complexity index is 427. The second-order valence-electron chi connectivity index (χ2n) is 5.05. The summed E-state index contributed by atoms with van der Waals surface area (Å²) < 4.78 is 31.3. The summed E-state index contributed by atoms with van der Waals surface area (Å²) in [5, 5.41) is 22.6. The van der Waals surface area contributed by atoms with E-state index in [1.54, 1.807) is 14.0 Å². The molecule has 1 aromatic carbocycles. The Kier molecular flexibility index (Phi) is 6.48. The third-order valence-corrected chi connectivity index (χ3v) is 3.01. The molecule has 0 radical (unpaired) electrons. The monoisotopic (exact) mass is 289 g/mol. The Morgan fingerprint density at radius 2 is 2.10 bits per heavy atom. The fraction of sp³-hybridized carbons (Fsp3) is 0.571. The van der Waals surface area contributed by atoms with E-state index in [0.717, 1.165) is 18.2 Å². The number of hydrogen-bond acceptors (Lipinski definition) is 4. The van der Waals surface area contributed by atoms with E-state index >= 15 is 0 Å². The van der Waals surface area contributed by atoms with Gasteiger partial charge in [-0.2, -0.15) is 0 Å². The highest BCUT2D eigenvalue weighted by Crippen LogP contribution is 2.18. The summed E-state index contributed by atoms with van der Waals surface area (Å²) in [6.45, 7) is 2.28. The Hall–Kier alpha value is -1.08. The number of rotatable bonds is 8. The van der Waals surface area contributed by atoms with E-state index in [9.17, 15) is 19.0 Å². The van der Waals surface area contributed by atoms with E-state index in [0.29, 0.717) is 13.0 Å². The van der Waals surface area contributed by atoms with Crippen LogP contribution >= 0.6 is 0 Å². The van der Waals surface area contributed by atoms with E-state index in [4.69, 9.17) is 4.74 Å². The lowest BCUT2D eigenvalue weighted by atomic mass is 10.0. The number of halogens is 2. The van der Waals surface area contributed by atoms with Crippen molar-refractivity contribution in [1.82, 2.24) is 5.32 Å². The molecule has 114 valence electrons. The highest BCUT2D eigenvalue weighted by atomic mass is 19.1. The smallest absolute Gasteiger partial charge is 0.129 e. The van der Waals surface area contributed by atoms with Crippen molar-refractivity contribution in [2.45, 2.75) is 25.0 Å². The molecule has 0 aromatic heterocycles. The summed E-state index contributed by atoms with van der Waals surface area (Å²) >= 11 is 0. The summed E-state index contributed by atoms with van der Waals surface area (Å²) in [6.07, 6.45) is -0.745. The molecular weight excluding hydrogens is 268 g/mol. The molecule has 0 fully saturated rings. The number of aliphatic hydroxyl groups is 2. The van der Waals surface area contributed by atoms with Gasteiger partial charge in [-0.1, -0.05) is 0 Å². The number of methoxy groups -OCH3 is 1. The second-order valence-corrected chi connectivity index (χ2v) is 5.05. The minimum absolute atomic E-state index is 0.0174. The Labute approximate surface area is 117 Å². The standard InChI is InChI=1S/C14H21F2NO3/c1-14(19,5-6-20-2)9-17-8-13(18)11-7-10(15)3-4-12(11)16/h3-4,7,13,17-19H,5-6,8-9H2,1-2H3. The maximum absolute atomic E-state index is 13.4. The fourth-order valence-corrected chi connectivity index (χ4v) is 1.77. The maximum Gasteiger partial charge on any atom is 0.129 e. The van der Waals surface area contributed by atoms with Gasteiger partial charge in [-0.15, -0.1) is 0 Å². The Morgan fingerprint density at radius 1 is 1.40 bits per heavy atom. The summed E-state index contributed by atoms with van der Waals surface area (Å²) in [7, 11) is 1.54. The first-order valence-electron chi connectivity index (χ1n) is 6.41. The van der Waals surface area contributed by atoms with Crippen molar-refractivity contribution in [3.8, 4) is 0 Å². The van der Waals surface area contributed by atoms with Crippen LogP contribution in [0.3, 0.4) is 0 Å². The third-order valence-electron chi connectivity index (χ3n) is 3.01. The predicted molar refractivity (Wildman–Crippen MR) is 71.3 cm³/mol. The van der Waals surface area contributed by atoms with Crippen LogP contribution in [0.4, 0.5) is 8.78 Å². The molecule has 2 unspecified atom stereocenters. The molecular formula is C14H21F2NO3. The van der Waals surface area contributed by atoms with Gasteiger partial charge < -0.3 is 20.3 Å². The van der Waals surface area contributed by atoms with Crippen molar-refractivity contribution in [2.75, 3.05) is 26.8 Å². The van der Waals surface area contributed by atoms with Gasteiger partial charge in [-0.05, 0) is 25.1 Å². The van der Waals surface area contributed by atoms with E-state index in [1.807, 2.05) is 0 Å². The SMILES string of the molecule is COCCC(C)(O)CNCC(O)c1cc(F)ccc1F. The van der Waals surface area contributed by atoms with Crippen molar-refractivity contribution in [1.29, 1.82) is 0 Å². The molecule has 1 rings (SSSR count). The molecule has 2 atom stereocenters. The topological polar surface area (TPSA) is 61.7 Å². The van der Waals surface area contributed by atoms with E-state index in [2.05, 4.69) is 5.32 Å². The molecule has 0 bridgehead atoms. The van der Waals surface area contributed by atoms with Gasteiger partial charge in [0.25, 0.3) is 0 Å². The van der Waals surface area contributed by atoms with Gasteiger partial charge in [0.15, 0.2) is 0 Å². The molecule has 3 N–H and O–H groups in total. The van der Waals surface area contributed by atoms with Crippen LogP contribution in [0, 0.1) is 11.6 Å². The summed E-state index contributed by atoms with van der Waals surface area (Å²) in [5.74, 6) is -1.26. The lowest BCUT2D eigenvalue weighted by Gasteiger charge is -2.24. The lowest BCUT2D eigenvalue weighted by molar-refractivity contribution is 0.0224. The van der Waals surface area contributed by atoms with Crippen LogP contribution in [0.5, 0.6) is 0 Å². The molecule has 0 aliphatic heterocycles. The van der Waals surface area contributed by atoms with Crippen molar-refractivity contribution >= 4 is 0 Å². The normalized spacial score (nSPS) is 15.9. The van der Waals surface area contributed by atoms with Crippen molar-refractivity contribution < 1.29 is 23.7 Å². The van der Waals surface area contributed by atoms with Crippen LogP contribution in [-0.4, -0.2) is 42.6 Å². The highest BCUT2D eigenvalue weighted by Gasteiger charge is 2.20. The largest absolute Gasteiger partial charge is 0.389 e. The van der Waals surface area contributed by atoms with Gasteiger partial charge in [0.1, 0.15) is 11.6 Å². The zero-order chi connectivity index (χ0) is 15.2. The summed E-state index contributed by atoms with van der Waals surface area (Å²) in [6, 6.07) is 2.93. The van der Waals surface area contributed by atoms with Crippen molar-refractivity contribution in [3.05, 3.63) is 35.4 Å². The quantitative estimate of drug-likeness (QED) is 0.676. The average molecular weight is 289 g/mol. The average Bonchev–Trinajstić information content (AvgIpc) is 2.39. The number of nitrogens with one attached hydrogen (secondary N) is 1. The minimum Gasteiger partial charge on any atom is -0.389 e. The van der Waals surface area contributed by atoms with Gasteiger partial charge >= 0.3 is 0 Å². The molecule has 0 amide bonds. The molecule has 0 saturated carbocycles. The van der Waals surface area contributed by atoms with Gasteiger partial charge in [0.2, 0.25) is 0 Å². The first kappa shape index (κ1) is 17.0. The van der Waals surface area contributed by atoms with E-state index < -0.39 is 23.3 Å². The molecule has 20 heavy (non-hydrogen) atoms. The van der Waals surface area contributed by atoms with Gasteiger partial charge in [0.05, 0.1) is 11.7 Å². The highest BCUT2D eigenvalue weighted by molar-refractivity contribution is 5.21. The zero-order valence-electron chi connectivity index (χ0n) is 11.7. The van der Waals surface area contributed by atoms with E-state index in [1.165, 1.54) is 0 Å². The first-order chi connectivity index (χ1) is 9.35. The zero-order valence-corrected chi connectivity index (χ0v) is 11.7. The van der Waals surface area contributed by atoms with Crippen LogP contribution in [0.15, 0.2) is 18.2 Å². The molecule has 4 nitrogen and oxygen atoms in total. The molecule has 0 aliphatic carbocycles. The molecule has 0 heterocycles. The lowest BCUT2D eigenvalue weighted by Crippen LogP contribution is -2.40. The van der Waals surface area contributed by atoms with Gasteiger partial charge in [0, 0.05) is 38.8 Å². The molecule has 0 spiro atoms. The molecule has 1 aromatic rings. The van der Waals surface area contributed by atoms with Crippen LogP contribution in [0.2, 0.25) is 0 Å². The van der Waals surface area contributed by atoms with Crippen molar-refractivity contribution in [2.24, 2.45) is 0 Å². The van der Waals surface area contributed by atoms with Crippen LogP contribution in [-0.2, 0) is 4.74 Å². The minimum atomic E-state index is -1.18. The second kappa shape index (κ2) is 7.64. The Balaban J connectivity index is 2.47.